The number of H-pyrrole nitrogens is 1. The van der Waals surface area contributed by atoms with Gasteiger partial charge in [0.1, 0.15) is 0 Å². The summed E-state index contributed by atoms with van der Waals surface area (Å²) in [6.45, 7) is 13.0. The first kappa shape index (κ1) is 24.0. The van der Waals surface area contributed by atoms with Gasteiger partial charge >= 0.3 is 0 Å². The number of aromatic nitrogens is 1. The Labute approximate surface area is 193 Å². The molecule has 29 heavy (non-hydrogen) atoms. The number of likely N-dealkylation sites (tertiary alicyclic amines) is 1. The number of hydrogen-bond acceptors (Lipinski definition) is 2. The molecule has 3 N–H and O–H groups in total. The Morgan fingerprint density at radius 3 is 2.66 bits per heavy atom. The van der Waals surface area contributed by atoms with Crippen LogP contribution in [-0.2, 0) is 6.42 Å². The Kier molecular flexibility index (Phi) is 10.3. The number of aliphatic imine (C=N–C) groups is 1. The summed E-state index contributed by atoms with van der Waals surface area (Å²) in [6, 6.07) is 8.55. The summed E-state index contributed by atoms with van der Waals surface area (Å²) in [5, 5.41) is 8.25. The van der Waals surface area contributed by atoms with Crippen molar-refractivity contribution in [3.8, 4) is 0 Å². The average Bonchev–Trinajstić information content (AvgIpc) is 3.04. The molecule has 1 aromatic heterocycles. The normalized spacial score (nSPS) is 16.0. The van der Waals surface area contributed by atoms with Crippen LogP contribution in [0.1, 0.15) is 44.4 Å². The Morgan fingerprint density at radius 1 is 1.17 bits per heavy atom. The molecule has 0 unspecified atom stereocenters. The van der Waals surface area contributed by atoms with E-state index in [2.05, 4.69) is 65.6 Å². The number of nitrogens with zero attached hydrogens (tertiary/aromatic N) is 2. The van der Waals surface area contributed by atoms with Gasteiger partial charge in [0, 0.05) is 36.2 Å². The van der Waals surface area contributed by atoms with E-state index < -0.39 is 0 Å². The molecule has 1 fully saturated rings. The molecule has 0 amide bonds. The number of aryl methyl sites for hydroxylation is 1. The molecule has 0 atom stereocenters. The van der Waals surface area contributed by atoms with Crippen molar-refractivity contribution in [3.63, 3.8) is 0 Å². The van der Waals surface area contributed by atoms with E-state index in [1.165, 1.54) is 61.1 Å². The summed E-state index contributed by atoms with van der Waals surface area (Å²) in [5.41, 5.74) is 3.90. The topological polar surface area (TPSA) is 55.5 Å². The first-order chi connectivity index (χ1) is 13.7. The second-order valence-electron chi connectivity index (χ2n) is 7.88. The molecule has 0 aliphatic carbocycles. The van der Waals surface area contributed by atoms with Gasteiger partial charge in [0.2, 0.25) is 0 Å². The number of aromatic amines is 1. The maximum absolute atomic E-state index is 4.82. The summed E-state index contributed by atoms with van der Waals surface area (Å²) in [5.74, 6) is 1.79. The van der Waals surface area contributed by atoms with Gasteiger partial charge in [0.15, 0.2) is 5.96 Å². The average molecular weight is 511 g/mol. The van der Waals surface area contributed by atoms with Gasteiger partial charge in [-0.1, -0.05) is 25.1 Å². The van der Waals surface area contributed by atoms with Crippen molar-refractivity contribution in [1.29, 1.82) is 0 Å². The smallest absolute Gasteiger partial charge is 0.191 e. The molecule has 2 heterocycles. The number of piperidine rings is 1. The van der Waals surface area contributed by atoms with Crippen molar-refractivity contribution < 1.29 is 0 Å². The first-order valence-electron chi connectivity index (χ1n) is 11.0. The van der Waals surface area contributed by atoms with E-state index in [0.717, 1.165) is 37.9 Å². The number of halogens is 1. The predicted octanol–water partition coefficient (Wildman–Crippen LogP) is 4.31. The Balaban J connectivity index is 0.00000300. The standard InChI is InChI=1S/C23H37N5.HI/c1-4-24-23(25-14-10-19-12-16-28(5-2)17-13-19)26-15-11-20-18(3)27-22-9-7-6-8-21(20)22;/h6-9,19,27H,4-5,10-17H2,1-3H3,(H2,24,25,26);1H. The van der Waals surface area contributed by atoms with Gasteiger partial charge in [-0.25, -0.2) is 0 Å². The third-order valence-corrected chi connectivity index (χ3v) is 6.00. The van der Waals surface area contributed by atoms with Gasteiger partial charge < -0.3 is 20.5 Å². The Morgan fingerprint density at radius 2 is 1.93 bits per heavy atom. The van der Waals surface area contributed by atoms with Crippen LogP contribution in [0.25, 0.3) is 10.9 Å². The maximum Gasteiger partial charge on any atom is 0.191 e. The second-order valence-corrected chi connectivity index (χ2v) is 7.88. The number of guanidine groups is 1. The number of rotatable bonds is 8. The molecule has 6 heteroatoms. The SMILES string of the molecule is CCNC(=NCCC1CCN(CC)CC1)NCCc1c(C)[nH]c2ccccc12.I. The molecule has 0 radical (unpaired) electrons. The van der Waals surface area contributed by atoms with Crippen LogP contribution in [0.5, 0.6) is 0 Å². The third kappa shape index (κ3) is 6.88. The molecule has 1 aromatic carbocycles. The summed E-state index contributed by atoms with van der Waals surface area (Å²) in [6.07, 6.45) is 4.85. The lowest BCUT2D eigenvalue weighted by molar-refractivity contribution is 0.188. The second kappa shape index (κ2) is 12.4. The number of fused-ring (bicyclic) bond motifs is 1. The van der Waals surface area contributed by atoms with Crippen molar-refractivity contribution in [2.45, 2.75) is 46.5 Å². The lowest BCUT2D eigenvalue weighted by atomic mass is 9.94. The number of para-hydroxylation sites is 1. The quantitative estimate of drug-likeness (QED) is 0.281. The van der Waals surface area contributed by atoms with Crippen molar-refractivity contribution in [1.82, 2.24) is 20.5 Å². The molecule has 1 aliphatic rings. The Bertz CT molecular complexity index is 762. The highest BCUT2D eigenvalue weighted by molar-refractivity contribution is 14.0. The number of nitrogens with one attached hydrogen (secondary N) is 3. The zero-order valence-corrected chi connectivity index (χ0v) is 20.6. The maximum atomic E-state index is 4.82. The predicted molar refractivity (Wildman–Crippen MR) is 136 cm³/mol. The highest BCUT2D eigenvalue weighted by Gasteiger charge is 2.17. The lowest BCUT2D eigenvalue weighted by Gasteiger charge is -2.30. The largest absolute Gasteiger partial charge is 0.358 e. The lowest BCUT2D eigenvalue weighted by Crippen LogP contribution is -2.38. The molecule has 3 rings (SSSR count). The van der Waals surface area contributed by atoms with Crippen LogP contribution < -0.4 is 10.6 Å². The van der Waals surface area contributed by atoms with Crippen molar-refractivity contribution >= 4 is 40.8 Å². The highest BCUT2D eigenvalue weighted by atomic mass is 127. The van der Waals surface area contributed by atoms with E-state index in [1.54, 1.807) is 0 Å². The zero-order valence-electron chi connectivity index (χ0n) is 18.3. The van der Waals surface area contributed by atoms with Crippen LogP contribution in [0.15, 0.2) is 29.3 Å². The van der Waals surface area contributed by atoms with Crippen molar-refractivity contribution in [3.05, 3.63) is 35.5 Å². The minimum atomic E-state index is 0. The summed E-state index contributed by atoms with van der Waals surface area (Å²) < 4.78 is 0. The fourth-order valence-electron chi connectivity index (χ4n) is 4.25. The molecular weight excluding hydrogens is 473 g/mol. The van der Waals surface area contributed by atoms with E-state index in [0.29, 0.717) is 0 Å². The van der Waals surface area contributed by atoms with E-state index in [1.807, 2.05) is 0 Å². The van der Waals surface area contributed by atoms with E-state index in [-0.39, 0.29) is 24.0 Å². The molecule has 162 valence electrons. The third-order valence-electron chi connectivity index (χ3n) is 6.00. The van der Waals surface area contributed by atoms with Crippen LogP contribution in [0, 0.1) is 12.8 Å². The van der Waals surface area contributed by atoms with Crippen LogP contribution in [0.4, 0.5) is 0 Å². The van der Waals surface area contributed by atoms with Gasteiger partial charge in [-0.15, -0.1) is 24.0 Å². The fourth-order valence-corrected chi connectivity index (χ4v) is 4.25. The molecular formula is C23H38IN5. The van der Waals surface area contributed by atoms with E-state index in [4.69, 9.17) is 4.99 Å². The van der Waals surface area contributed by atoms with Gasteiger partial charge in [-0.3, -0.25) is 4.99 Å². The molecule has 1 aliphatic heterocycles. The fraction of sp³-hybridized carbons (Fsp3) is 0.609. The van der Waals surface area contributed by atoms with Crippen LogP contribution in [0.3, 0.4) is 0 Å². The molecule has 5 nitrogen and oxygen atoms in total. The summed E-state index contributed by atoms with van der Waals surface area (Å²) >= 11 is 0. The molecule has 0 spiro atoms. The highest BCUT2D eigenvalue weighted by Crippen LogP contribution is 2.22. The summed E-state index contributed by atoms with van der Waals surface area (Å²) in [4.78, 5) is 10.9. The van der Waals surface area contributed by atoms with E-state index >= 15 is 0 Å². The number of benzene rings is 1. The molecule has 1 saturated heterocycles. The van der Waals surface area contributed by atoms with E-state index in [9.17, 15) is 0 Å². The van der Waals surface area contributed by atoms with Crippen LogP contribution in [-0.4, -0.2) is 55.1 Å². The van der Waals surface area contributed by atoms with Crippen LogP contribution >= 0.6 is 24.0 Å². The first-order valence-corrected chi connectivity index (χ1v) is 11.0. The minimum Gasteiger partial charge on any atom is -0.358 e. The summed E-state index contributed by atoms with van der Waals surface area (Å²) in [7, 11) is 0. The van der Waals surface area contributed by atoms with Gasteiger partial charge in [-0.05, 0) is 76.7 Å². The van der Waals surface area contributed by atoms with Gasteiger partial charge in [0.25, 0.3) is 0 Å². The zero-order chi connectivity index (χ0) is 19.8. The molecule has 2 aromatic rings. The molecule has 0 bridgehead atoms. The Hall–Kier alpha value is -1.28. The number of hydrogen-bond donors (Lipinski definition) is 3. The minimum absolute atomic E-state index is 0. The monoisotopic (exact) mass is 511 g/mol. The van der Waals surface area contributed by atoms with Gasteiger partial charge in [-0.2, -0.15) is 0 Å². The van der Waals surface area contributed by atoms with Crippen molar-refractivity contribution in [2.24, 2.45) is 10.9 Å². The van der Waals surface area contributed by atoms with Crippen molar-refractivity contribution in [2.75, 3.05) is 39.3 Å². The van der Waals surface area contributed by atoms with Crippen LogP contribution in [0.2, 0.25) is 0 Å². The molecule has 0 saturated carbocycles. The van der Waals surface area contributed by atoms with Gasteiger partial charge in [0.05, 0.1) is 0 Å².